The Kier molecular flexibility index (Phi) is 3.98. The molecule has 1 rings (SSSR count). The number of anilines is 2. The summed E-state index contributed by atoms with van der Waals surface area (Å²) in [7, 11) is 0. The summed E-state index contributed by atoms with van der Waals surface area (Å²) in [5.74, 6) is 0. The van der Waals surface area contributed by atoms with Gasteiger partial charge >= 0.3 is 0 Å². The Hall–Kier alpha value is -1.51. The topological polar surface area (TPSA) is 32.3 Å². The second-order valence-electron chi connectivity index (χ2n) is 2.98. The Morgan fingerprint density at radius 1 is 1.36 bits per heavy atom. The predicted octanol–water partition coefficient (Wildman–Crippen LogP) is 2.10. The first-order valence-electron chi connectivity index (χ1n) is 4.87. The summed E-state index contributed by atoms with van der Waals surface area (Å²) in [6.07, 6.45) is 0.696. The molecule has 3 nitrogen and oxygen atoms in total. The number of carbonyl (C=O) groups is 1. The highest BCUT2D eigenvalue weighted by molar-refractivity contribution is 5.73. The molecule has 0 radical (unpaired) electrons. The molecule has 1 amide bonds. The smallest absolute Gasteiger partial charge is 0.211 e. The minimum Gasteiger partial charge on any atom is -0.372 e. The first kappa shape index (κ1) is 10.6. The quantitative estimate of drug-likeness (QED) is 0.724. The molecule has 0 aliphatic heterocycles. The molecule has 1 N–H and O–H groups in total. The third kappa shape index (κ3) is 2.49. The van der Waals surface area contributed by atoms with E-state index < -0.39 is 0 Å². The van der Waals surface area contributed by atoms with Crippen molar-refractivity contribution in [2.24, 2.45) is 0 Å². The van der Waals surface area contributed by atoms with Gasteiger partial charge in [-0.25, -0.2) is 0 Å². The normalized spacial score (nSPS) is 9.57. The Morgan fingerprint density at radius 2 is 2.07 bits per heavy atom. The molecule has 0 bridgehead atoms. The molecule has 14 heavy (non-hydrogen) atoms. The van der Waals surface area contributed by atoms with Crippen molar-refractivity contribution in [2.45, 2.75) is 13.8 Å². The van der Waals surface area contributed by atoms with Crippen molar-refractivity contribution >= 4 is 17.8 Å². The van der Waals surface area contributed by atoms with Gasteiger partial charge < -0.3 is 10.2 Å². The minimum atomic E-state index is 0.696. The fraction of sp³-hybridized carbons (Fsp3) is 0.364. The third-order valence-electron chi connectivity index (χ3n) is 2.20. The van der Waals surface area contributed by atoms with Gasteiger partial charge in [0.25, 0.3) is 0 Å². The van der Waals surface area contributed by atoms with E-state index in [1.54, 1.807) is 0 Å². The second-order valence-corrected chi connectivity index (χ2v) is 2.98. The van der Waals surface area contributed by atoms with Gasteiger partial charge in [-0.1, -0.05) is 6.07 Å². The van der Waals surface area contributed by atoms with E-state index in [2.05, 4.69) is 24.1 Å². The third-order valence-corrected chi connectivity index (χ3v) is 2.20. The molecule has 0 heterocycles. The number of amides is 1. The number of nitrogens with zero attached hydrogens (tertiary/aromatic N) is 1. The van der Waals surface area contributed by atoms with E-state index in [0.29, 0.717) is 6.41 Å². The van der Waals surface area contributed by atoms with Crippen LogP contribution in [0.2, 0.25) is 0 Å². The van der Waals surface area contributed by atoms with Crippen molar-refractivity contribution in [2.75, 3.05) is 23.3 Å². The summed E-state index contributed by atoms with van der Waals surface area (Å²) in [4.78, 5) is 12.5. The van der Waals surface area contributed by atoms with Crippen LogP contribution in [0.3, 0.4) is 0 Å². The van der Waals surface area contributed by atoms with Crippen LogP contribution in [-0.4, -0.2) is 19.5 Å². The van der Waals surface area contributed by atoms with E-state index in [9.17, 15) is 4.79 Å². The fourth-order valence-corrected chi connectivity index (χ4v) is 1.45. The molecule has 3 heteroatoms. The van der Waals surface area contributed by atoms with Gasteiger partial charge in [-0.3, -0.25) is 4.79 Å². The largest absolute Gasteiger partial charge is 0.372 e. The lowest BCUT2D eigenvalue weighted by molar-refractivity contribution is -0.105. The lowest BCUT2D eigenvalue weighted by Crippen LogP contribution is -2.21. The van der Waals surface area contributed by atoms with Crippen molar-refractivity contribution in [3.05, 3.63) is 24.3 Å². The van der Waals surface area contributed by atoms with E-state index in [-0.39, 0.29) is 0 Å². The SMILES string of the molecule is CCN(CC)c1cccc(NC=O)c1. The first-order chi connectivity index (χ1) is 6.81. The van der Waals surface area contributed by atoms with Crippen LogP contribution >= 0.6 is 0 Å². The van der Waals surface area contributed by atoms with Gasteiger partial charge in [0, 0.05) is 24.5 Å². The summed E-state index contributed by atoms with van der Waals surface area (Å²) in [5.41, 5.74) is 1.98. The van der Waals surface area contributed by atoms with E-state index in [1.165, 1.54) is 0 Å². The zero-order chi connectivity index (χ0) is 10.4. The highest BCUT2D eigenvalue weighted by atomic mass is 16.1. The fourth-order valence-electron chi connectivity index (χ4n) is 1.45. The summed E-state index contributed by atoms with van der Waals surface area (Å²) in [5, 5.41) is 2.64. The van der Waals surface area contributed by atoms with Crippen LogP contribution in [0, 0.1) is 0 Å². The second kappa shape index (κ2) is 5.27. The summed E-state index contributed by atoms with van der Waals surface area (Å²) in [6, 6.07) is 7.84. The van der Waals surface area contributed by atoms with E-state index in [1.807, 2.05) is 24.3 Å². The number of nitrogens with one attached hydrogen (secondary N) is 1. The highest BCUT2D eigenvalue weighted by Gasteiger charge is 2.01. The van der Waals surface area contributed by atoms with Crippen molar-refractivity contribution in [3.8, 4) is 0 Å². The Labute approximate surface area is 84.7 Å². The van der Waals surface area contributed by atoms with Gasteiger partial charge in [0.15, 0.2) is 0 Å². The van der Waals surface area contributed by atoms with Crippen LogP contribution in [0.15, 0.2) is 24.3 Å². The van der Waals surface area contributed by atoms with Gasteiger partial charge in [0.1, 0.15) is 0 Å². The zero-order valence-corrected chi connectivity index (χ0v) is 8.66. The number of benzene rings is 1. The molecule has 0 aliphatic carbocycles. The Morgan fingerprint density at radius 3 is 2.64 bits per heavy atom. The molecular formula is C11H16N2O. The van der Waals surface area contributed by atoms with E-state index >= 15 is 0 Å². The van der Waals surface area contributed by atoms with Crippen LogP contribution in [0.25, 0.3) is 0 Å². The maximum Gasteiger partial charge on any atom is 0.211 e. The number of hydrogen-bond acceptors (Lipinski definition) is 2. The average molecular weight is 192 g/mol. The molecule has 1 aromatic carbocycles. The molecule has 0 spiro atoms. The molecule has 0 aliphatic rings. The average Bonchev–Trinajstić information content (AvgIpc) is 2.21. The summed E-state index contributed by atoms with van der Waals surface area (Å²) < 4.78 is 0. The lowest BCUT2D eigenvalue weighted by atomic mass is 10.2. The maximum atomic E-state index is 10.3. The zero-order valence-electron chi connectivity index (χ0n) is 8.66. The van der Waals surface area contributed by atoms with Crippen molar-refractivity contribution in [1.29, 1.82) is 0 Å². The van der Waals surface area contributed by atoms with Gasteiger partial charge in [-0.05, 0) is 32.0 Å². The van der Waals surface area contributed by atoms with Crippen LogP contribution in [0.1, 0.15) is 13.8 Å². The monoisotopic (exact) mass is 192 g/mol. The minimum absolute atomic E-state index is 0.696. The number of rotatable bonds is 5. The van der Waals surface area contributed by atoms with Crippen molar-refractivity contribution in [3.63, 3.8) is 0 Å². The van der Waals surface area contributed by atoms with Gasteiger partial charge in [-0.2, -0.15) is 0 Å². The van der Waals surface area contributed by atoms with Crippen LogP contribution in [0.5, 0.6) is 0 Å². The van der Waals surface area contributed by atoms with Gasteiger partial charge in [0.2, 0.25) is 6.41 Å². The maximum absolute atomic E-state index is 10.3. The van der Waals surface area contributed by atoms with Gasteiger partial charge in [-0.15, -0.1) is 0 Å². The standard InChI is InChI=1S/C11H16N2O/c1-3-13(4-2)11-7-5-6-10(8-11)12-9-14/h5-9H,3-4H2,1-2H3,(H,12,14). The van der Waals surface area contributed by atoms with Crippen LogP contribution in [-0.2, 0) is 4.79 Å². The van der Waals surface area contributed by atoms with Crippen LogP contribution in [0.4, 0.5) is 11.4 Å². The molecule has 0 atom stereocenters. The first-order valence-corrected chi connectivity index (χ1v) is 4.87. The Balaban J connectivity index is 2.86. The molecule has 1 aromatic rings. The summed E-state index contributed by atoms with van der Waals surface area (Å²) in [6.45, 7) is 6.18. The highest BCUT2D eigenvalue weighted by Crippen LogP contribution is 2.18. The molecule has 0 saturated heterocycles. The van der Waals surface area contributed by atoms with Crippen LogP contribution < -0.4 is 10.2 Å². The molecule has 0 unspecified atom stereocenters. The Bertz CT molecular complexity index is 295. The predicted molar refractivity (Wildman–Crippen MR) is 59.7 cm³/mol. The number of carbonyl (C=O) groups excluding carboxylic acids is 1. The molecule has 76 valence electrons. The molecule has 0 saturated carbocycles. The van der Waals surface area contributed by atoms with E-state index in [0.717, 1.165) is 24.5 Å². The van der Waals surface area contributed by atoms with E-state index in [4.69, 9.17) is 0 Å². The van der Waals surface area contributed by atoms with Crippen molar-refractivity contribution in [1.82, 2.24) is 0 Å². The number of hydrogen-bond donors (Lipinski definition) is 1. The molecular weight excluding hydrogens is 176 g/mol. The molecule has 0 fully saturated rings. The lowest BCUT2D eigenvalue weighted by Gasteiger charge is -2.21. The van der Waals surface area contributed by atoms with Crippen molar-refractivity contribution < 1.29 is 4.79 Å². The molecule has 0 aromatic heterocycles. The van der Waals surface area contributed by atoms with Gasteiger partial charge in [0.05, 0.1) is 0 Å². The summed E-state index contributed by atoms with van der Waals surface area (Å²) >= 11 is 0.